The molecule has 1 saturated heterocycles. The highest BCUT2D eigenvalue weighted by Gasteiger charge is 2.40. The number of pyridine rings is 1. The monoisotopic (exact) mass is 333 g/mol. The summed E-state index contributed by atoms with van der Waals surface area (Å²) < 4.78 is 0. The van der Waals surface area contributed by atoms with Gasteiger partial charge in [-0.05, 0) is 12.1 Å². The number of benzene rings is 1. The lowest BCUT2D eigenvalue weighted by atomic mass is 10.1. The zero-order valence-electron chi connectivity index (χ0n) is 12.8. The van der Waals surface area contributed by atoms with Gasteiger partial charge in [0.15, 0.2) is 5.43 Å². The molecule has 4 atom stereocenters. The summed E-state index contributed by atoms with van der Waals surface area (Å²) in [6.45, 7) is -0.275. The zero-order valence-corrected chi connectivity index (χ0v) is 12.8. The van der Waals surface area contributed by atoms with Crippen molar-refractivity contribution in [3.63, 3.8) is 0 Å². The molecule has 2 heterocycles. The van der Waals surface area contributed by atoms with Crippen LogP contribution in [0.1, 0.15) is 10.5 Å². The number of H-pyrrole nitrogens is 1. The van der Waals surface area contributed by atoms with Crippen molar-refractivity contribution in [3.05, 3.63) is 46.2 Å². The van der Waals surface area contributed by atoms with Gasteiger partial charge in [-0.2, -0.15) is 0 Å². The molecule has 0 radical (unpaired) electrons. The van der Waals surface area contributed by atoms with Crippen molar-refractivity contribution < 1.29 is 20.1 Å². The second kappa shape index (κ2) is 6.70. The second-order valence-corrected chi connectivity index (χ2v) is 5.85. The number of aromatic nitrogens is 1. The molecule has 1 aromatic heterocycles. The van der Waals surface area contributed by atoms with Gasteiger partial charge in [0.2, 0.25) is 0 Å². The molecular weight excluding hydrogens is 314 g/mol. The first kappa shape index (κ1) is 16.6. The van der Waals surface area contributed by atoms with Crippen LogP contribution in [0.25, 0.3) is 10.9 Å². The van der Waals surface area contributed by atoms with Gasteiger partial charge in [0, 0.05) is 23.5 Å². The fourth-order valence-electron chi connectivity index (χ4n) is 2.91. The molecule has 0 bridgehead atoms. The summed E-state index contributed by atoms with van der Waals surface area (Å²) in [6.07, 6.45) is -2.20. The van der Waals surface area contributed by atoms with E-state index in [0.717, 1.165) is 0 Å². The normalized spacial score (nSPS) is 26.6. The Morgan fingerprint density at radius 2 is 1.88 bits per heavy atom. The van der Waals surface area contributed by atoms with Gasteiger partial charge in [-0.15, -0.1) is 0 Å². The van der Waals surface area contributed by atoms with Gasteiger partial charge in [-0.25, -0.2) is 0 Å². The highest BCUT2D eigenvalue weighted by Crippen LogP contribution is 2.14. The largest absolute Gasteiger partial charge is 0.395 e. The number of hydrogen-bond acceptors (Lipinski definition) is 6. The summed E-state index contributed by atoms with van der Waals surface area (Å²) in [5.74, 6) is -0.492. The SMILES string of the molecule is O=C(NC[C@H]1N[C@H](CO)[C@@H](O)[C@@H]1O)c1cc(=O)c2ccccc2[nH]1. The van der Waals surface area contributed by atoms with Crippen LogP contribution in [0.5, 0.6) is 0 Å². The predicted octanol–water partition coefficient (Wildman–Crippen LogP) is -1.69. The van der Waals surface area contributed by atoms with Gasteiger partial charge in [0.1, 0.15) is 5.69 Å². The Balaban J connectivity index is 1.71. The van der Waals surface area contributed by atoms with E-state index >= 15 is 0 Å². The summed E-state index contributed by atoms with van der Waals surface area (Å²) in [5, 5.41) is 34.7. The van der Waals surface area contributed by atoms with Crippen molar-refractivity contribution >= 4 is 16.8 Å². The Kier molecular flexibility index (Phi) is 4.63. The van der Waals surface area contributed by atoms with Crippen molar-refractivity contribution in [2.24, 2.45) is 0 Å². The number of para-hydroxylation sites is 1. The van der Waals surface area contributed by atoms with E-state index < -0.39 is 30.2 Å². The molecule has 3 rings (SSSR count). The van der Waals surface area contributed by atoms with E-state index in [-0.39, 0.29) is 24.3 Å². The Hall–Kier alpha value is -2.26. The summed E-state index contributed by atoms with van der Waals surface area (Å²) in [5.41, 5.74) is 0.416. The fourth-order valence-corrected chi connectivity index (χ4v) is 2.91. The zero-order chi connectivity index (χ0) is 17.3. The smallest absolute Gasteiger partial charge is 0.267 e. The van der Waals surface area contributed by atoms with Gasteiger partial charge in [0.25, 0.3) is 5.91 Å². The molecule has 2 aromatic rings. The maximum Gasteiger partial charge on any atom is 0.267 e. The predicted molar refractivity (Wildman–Crippen MR) is 86.7 cm³/mol. The highest BCUT2D eigenvalue weighted by atomic mass is 16.3. The van der Waals surface area contributed by atoms with E-state index in [1.807, 2.05) is 0 Å². The maximum absolute atomic E-state index is 12.2. The molecule has 24 heavy (non-hydrogen) atoms. The molecule has 1 aromatic carbocycles. The number of nitrogens with one attached hydrogen (secondary N) is 3. The lowest BCUT2D eigenvalue weighted by molar-refractivity contribution is 0.0197. The molecule has 8 nitrogen and oxygen atoms in total. The van der Waals surface area contributed by atoms with E-state index in [2.05, 4.69) is 15.6 Å². The molecular formula is C16H19N3O5. The third kappa shape index (κ3) is 3.04. The molecule has 128 valence electrons. The second-order valence-electron chi connectivity index (χ2n) is 5.85. The molecule has 1 fully saturated rings. The van der Waals surface area contributed by atoms with Gasteiger partial charge in [-0.3, -0.25) is 9.59 Å². The van der Waals surface area contributed by atoms with Gasteiger partial charge < -0.3 is 30.9 Å². The highest BCUT2D eigenvalue weighted by molar-refractivity contribution is 5.94. The molecule has 0 unspecified atom stereocenters. The fraction of sp³-hybridized carbons (Fsp3) is 0.375. The van der Waals surface area contributed by atoms with Gasteiger partial charge in [0.05, 0.1) is 30.9 Å². The minimum Gasteiger partial charge on any atom is -0.395 e. The number of hydrogen-bond donors (Lipinski definition) is 6. The Morgan fingerprint density at radius 3 is 2.58 bits per heavy atom. The van der Waals surface area contributed by atoms with Crippen molar-refractivity contribution in [1.82, 2.24) is 15.6 Å². The maximum atomic E-state index is 12.2. The number of aliphatic hydroxyl groups excluding tert-OH is 3. The Bertz CT molecular complexity index is 806. The van der Waals surface area contributed by atoms with Crippen molar-refractivity contribution in [2.45, 2.75) is 24.3 Å². The number of aromatic amines is 1. The van der Waals surface area contributed by atoms with E-state index in [9.17, 15) is 19.8 Å². The van der Waals surface area contributed by atoms with Crippen molar-refractivity contribution in [3.8, 4) is 0 Å². The topological polar surface area (TPSA) is 135 Å². The third-order valence-corrected chi connectivity index (χ3v) is 4.26. The van der Waals surface area contributed by atoms with E-state index in [1.54, 1.807) is 24.3 Å². The third-order valence-electron chi connectivity index (χ3n) is 4.26. The molecule has 1 aliphatic rings. The minimum absolute atomic E-state index is 0.0441. The summed E-state index contributed by atoms with van der Waals surface area (Å²) in [4.78, 5) is 27.2. The molecule has 1 amide bonds. The van der Waals surface area contributed by atoms with Crippen LogP contribution in [0.15, 0.2) is 35.1 Å². The number of fused-ring (bicyclic) bond motifs is 1. The number of aliphatic hydroxyl groups is 3. The van der Waals surface area contributed by atoms with Crippen molar-refractivity contribution in [1.29, 1.82) is 0 Å². The van der Waals surface area contributed by atoms with E-state index in [4.69, 9.17) is 5.11 Å². The first-order chi connectivity index (χ1) is 11.5. The molecule has 1 aliphatic heterocycles. The van der Waals surface area contributed by atoms with Crippen LogP contribution in [0.2, 0.25) is 0 Å². The van der Waals surface area contributed by atoms with Crippen LogP contribution in [-0.2, 0) is 0 Å². The van der Waals surface area contributed by atoms with Crippen LogP contribution >= 0.6 is 0 Å². The van der Waals surface area contributed by atoms with Crippen LogP contribution in [0.3, 0.4) is 0 Å². The summed E-state index contributed by atoms with van der Waals surface area (Å²) in [6, 6.07) is 6.88. The summed E-state index contributed by atoms with van der Waals surface area (Å²) in [7, 11) is 0. The molecule has 0 aliphatic carbocycles. The van der Waals surface area contributed by atoms with Gasteiger partial charge >= 0.3 is 0 Å². The average Bonchev–Trinajstić information content (AvgIpc) is 2.87. The minimum atomic E-state index is -1.10. The van der Waals surface area contributed by atoms with Crippen LogP contribution in [-0.4, -0.2) is 63.7 Å². The van der Waals surface area contributed by atoms with E-state index in [1.165, 1.54) is 6.07 Å². The standard InChI is InChI=1S/C16H19N3O5/c20-7-12-15(23)14(22)11(19-12)6-17-16(24)10-5-13(21)8-3-1-2-4-9(8)18-10/h1-5,11-12,14-15,19-20,22-23H,6-7H2,(H,17,24)(H,18,21)/t11-,12-,14-,15-/m1/s1. The quantitative estimate of drug-likeness (QED) is 0.395. The number of carbonyl (C=O) groups is 1. The summed E-state index contributed by atoms with van der Waals surface area (Å²) >= 11 is 0. The van der Waals surface area contributed by atoms with E-state index in [0.29, 0.717) is 10.9 Å². The van der Waals surface area contributed by atoms with Gasteiger partial charge in [-0.1, -0.05) is 12.1 Å². The average molecular weight is 333 g/mol. The first-order valence-electron chi connectivity index (χ1n) is 7.64. The lowest BCUT2D eigenvalue weighted by Crippen LogP contribution is -2.44. The lowest BCUT2D eigenvalue weighted by Gasteiger charge is -2.16. The molecule has 0 saturated carbocycles. The van der Waals surface area contributed by atoms with Crippen LogP contribution in [0.4, 0.5) is 0 Å². The molecule has 8 heteroatoms. The Labute approximate surface area is 137 Å². The Morgan fingerprint density at radius 1 is 1.17 bits per heavy atom. The first-order valence-corrected chi connectivity index (χ1v) is 7.64. The van der Waals surface area contributed by atoms with Crippen LogP contribution < -0.4 is 16.1 Å². The molecule has 0 spiro atoms. The van der Waals surface area contributed by atoms with Crippen molar-refractivity contribution in [2.75, 3.05) is 13.2 Å². The number of rotatable bonds is 4. The number of carbonyl (C=O) groups excluding carboxylic acids is 1. The van der Waals surface area contributed by atoms with Crippen LogP contribution in [0, 0.1) is 0 Å². The molecule has 6 N–H and O–H groups in total. The number of amides is 1.